The van der Waals surface area contributed by atoms with Crippen molar-refractivity contribution in [2.45, 2.75) is 6.92 Å². The Bertz CT molecular complexity index is 216. The molecule has 3 amide bonds. The quantitative estimate of drug-likeness (QED) is 0.698. The van der Waals surface area contributed by atoms with E-state index in [0.29, 0.717) is 6.54 Å². The van der Waals surface area contributed by atoms with E-state index in [2.05, 4.69) is 5.32 Å². The highest BCUT2D eigenvalue weighted by Gasteiger charge is 2.17. The molecule has 1 atom stereocenters. The molecule has 0 fully saturated rings. The molecule has 0 radical (unpaired) electrons. The number of carbonyl (C=O) groups excluding carboxylic acids is 2. The number of carbonyl (C=O) groups is 2. The highest BCUT2D eigenvalue weighted by molar-refractivity contribution is 5.79. The number of amides is 3. The fourth-order valence-electron chi connectivity index (χ4n) is 1.16. The number of nitrogens with zero attached hydrogens (tertiary/aromatic N) is 2. The molecule has 1 unspecified atom stereocenters. The topological polar surface area (TPSA) is 52.7 Å². The standard InChI is InChI=1S/C9H19N3O2/c1-7(8(13)10-2)6-12(5)9(14)11(3)4/h7H,6H2,1-5H3,(H,10,13). The SMILES string of the molecule is CNC(=O)C(C)CN(C)C(=O)N(C)C. The minimum Gasteiger partial charge on any atom is -0.359 e. The van der Waals surface area contributed by atoms with Crippen LogP contribution < -0.4 is 5.32 Å². The van der Waals surface area contributed by atoms with E-state index in [4.69, 9.17) is 0 Å². The molecule has 0 saturated carbocycles. The number of urea groups is 1. The van der Waals surface area contributed by atoms with Gasteiger partial charge < -0.3 is 15.1 Å². The van der Waals surface area contributed by atoms with E-state index >= 15 is 0 Å². The molecule has 0 heterocycles. The van der Waals surface area contributed by atoms with E-state index < -0.39 is 0 Å². The average molecular weight is 201 g/mol. The maximum Gasteiger partial charge on any atom is 0.319 e. The van der Waals surface area contributed by atoms with E-state index in [1.807, 2.05) is 0 Å². The second-order valence-electron chi connectivity index (χ2n) is 3.57. The normalized spacial score (nSPS) is 11.8. The molecule has 0 aliphatic rings. The summed E-state index contributed by atoms with van der Waals surface area (Å²) >= 11 is 0. The number of rotatable bonds is 3. The molecular weight excluding hydrogens is 182 g/mol. The predicted molar refractivity (Wildman–Crippen MR) is 54.9 cm³/mol. The first kappa shape index (κ1) is 12.7. The van der Waals surface area contributed by atoms with Crippen molar-refractivity contribution in [2.24, 2.45) is 5.92 Å². The zero-order chi connectivity index (χ0) is 11.3. The van der Waals surface area contributed by atoms with Crippen LogP contribution in [0.4, 0.5) is 4.79 Å². The second kappa shape index (κ2) is 5.47. The molecule has 5 nitrogen and oxygen atoms in total. The van der Waals surface area contributed by atoms with E-state index in [-0.39, 0.29) is 17.9 Å². The Kier molecular flexibility index (Phi) is 4.97. The summed E-state index contributed by atoms with van der Waals surface area (Å²) in [7, 11) is 6.64. The van der Waals surface area contributed by atoms with Gasteiger partial charge in [-0.2, -0.15) is 0 Å². The van der Waals surface area contributed by atoms with Crippen molar-refractivity contribution >= 4 is 11.9 Å². The molecular formula is C9H19N3O2. The maximum atomic E-state index is 11.4. The minimum atomic E-state index is -0.186. The monoisotopic (exact) mass is 201 g/mol. The largest absolute Gasteiger partial charge is 0.359 e. The van der Waals surface area contributed by atoms with Gasteiger partial charge in [0.25, 0.3) is 0 Å². The first-order valence-corrected chi connectivity index (χ1v) is 4.54. The van der Waals surface area contributed by atoms with Crippen LogP contribution in [0.1, 0.15) is 6.92 Å². The van der Waals surface area contributed by atoms with Crippen LogP contribution >= 0.6 is 0 Å². The maximum absolute atomic E-state index is 11.4. The van der Waals surface area contributed by atoms with Gasteiger partial charge in [0.05, 0.1) is 5.92 Å². The lowest BCUT2D eigenvalue weighted by Crippen LogP contribution is -2.41. The number of hydrogen-bond acceptors (Lipinski definition) is 2. The van der Waals surface area contributed by atoms with E-state index in [0.717, 1.165) is 0 Å². The Morgan fingerprint density at radius 3 is 2.14 bits per heavy atom. The number of hydrogen-bond donors (Lipinski definition) is 1. The summed E-state index contributed by atoms with van der Waals surface area (Å²) in [5.41, 5.74) is 0. The van der Waals surface area contributed by atoms with Gasteiger partial charge >= 0.3 is 6.03 Å². The summed E-state index contributed by atoms with van der Waals surface area (Å²) in [5.74, 6) is -0.239. The van der Waals surface area contributed by atoms with Crippen LogP contribution in [0.5, 0.6) is 0 Å². The third-order valence-corrected chi connectivity index (χ3v) is 1.95. The molecule has 0 aromatic heterocycles. The summed E-state index contributed by atoms with van der Waals surface area (Å²) in [6, 6.07) is -0.0965. The molecule has 0 bridgehead atoms. The summed E-state index contributed by atoms with van der Waals surface area (Å²) in [6.07, 6.45) is 0. The third-order valence-electron chi connectivity index (χ3n) is 1.95. The van der Waals surface area contributed by atoms with Crippen molar-refractivity contribution in [3.8, 4) is 0 Å². The van der Waals surface area contributed by atoms with Crippen LogP contribution in [0.2, 0.25) is 0 Å². The molecule has 0 saturated heterocycles. The molecule has 1 N–H and O–H groups in total. The lowest BCUT2D eigenvalue weighted by Gasteiger charge is -2.24. The molecule has 0 rings (SSSR count). The first-order valence-electron chi connectivity index (χ1n) is 4.54. The van der Waals surface area contributed by atoms with Crippen molar-refractivity contribution in [3.63, 3.8) is 0 Å². The average Bonchev–Trinajstić information content (AvgIpc) is 2.14. The smallest absolute Gasteiger partial charge is 0.319 e. The minimum absolute atomic E-state index is 0.0524. The van der Waals surface area contributed by atoms with Crippen molar-refractivity contribution in [3.05, 3.63) is 0 Å². The van der Waals surface area contributed by atoms with Gasteiger partial charge in [0.2, 0.25) is 5.91 Å². The van der Waals surface area contributed by atoms with E-state index in [1.54, 1.807) is 35.1 Å². The van der Waals surface area contributed by atoms with Crippen LogP contribution in [-0.2, 0) is 4.79 Å². The Morgan fingerprint density at radius 1 is 1.29 bits per heavy atom. The van der Waals surface area contributed by atoms with Gasteiger partial charge in [0.15, 0.2) is 0 Å². The Hall–Kier alpha value is -1.26. The van der Waals surface area contributed by atoms with Crippen molar-refractivity contribution in [1.29, 1.82) is 0 Å². The molecule has 0 aliphatic heterocycles. The van der Waals surface area contributed by atoms with Crippen molar-refractivity contribution in [2.75, 3.05) is 34.7 Å². The van der Waals surface area contributed by atoms with Gasteiger partial charge in [-0.05, 0) is 0 Å². The van der Waals surface area contributed by atoms with Crippen molar-refractivity contribution in [1.82, 2.24) is 15.1 Å². The fraction of sp³-hybridized carbons (Fsp3) is 0.778. The predicted octanol–water partition coefficient (Wildman–Crippen LogP) is -0.0181. The molecule has 0 aliphatic carbocycles. The first-order chi connectivity index (χ1) is 6.40. The number of nitrogens with one attached hydrogen (secondary N) is 1. The highest BCUT2D eigenvalue weighted by Crippen LogP contribution is 2.00. The summed E-state index contributed by atoms with van der Waals surface area (Å²) in [4.78, 5) is 25.6. The Morgan fingerprint density at radius 2 is 1.79 bits per heavy atom. The van der Waals surface area contributed by atoms with Crippen LogP contribution in [0.25, 0.3) is 0 Å². The summed E-state index contributed by atoms with van der Waals surface area (Å²) < 4.78 is 0. The van der Waals surface area contributed by atoms with Crippen LogP contribution in [0.15, 0.2) is 0 Å². The van der Waals surface area contributed by atoms with E-state index in [9.17, 15) is 9.59 Å². The summed E-state index contributed by atoms with van der Waals surface area (Å²) in [6.45, 7) is 2.22. The van der Waals surface area contributed by atoms with Gasteiger partial charge in [-0.25, -0.2) is 4.79 Å². The summed E-state index contributed by atoms with van der Waals surface area (Å²) in [5, 5.41) is 2.55. The van der Waals surface area contributed by atoms with Crippen molar-refractivity contribution < 1.29 is 9.59 Å². The van der Waals surface area contributed by atoms with E-state index in [1.165, 1.54) is 9.80 Å². The Balaban J connectivity index is 4.12. The lowest BCUT2D eigenvalue weighted by molar-refractivity contribution is -0.124. The van der Waals surface area contributed by atoms with Gasteiger partial charge in [-0.15, -0.1) is 0 Å². The van der Waals surface area contributed by atoms with Gasteiger partial charge in [-0.3, -0.25) is 4.79 Å². The Labute approximate surface area is 85.1 Å². The van der Waals surface area contributed by atoms with Crippen LogP contribution in [0, 0.1) is 5.92 Å². The molecule has 14 heavy (non-hydrogen) atoms. The van der Waals surface area contributed by atoms with Gasteiger partial charge in [0.1, 0.15) is 0 Å². The third kappa shape index (κ3) is 3.64. The van der Waals surface area contributed by atoms with Crippen LogP contribution in [-0.4, -0.2) is 56.5 Å². The zero-order valence-electron chi connectivity index (χ0n) is 9.50. The molecule has 5 heteroatoms. The highest BCUT2D eigenvalue weighted by atomic mass is 16.2. The molecule has 0 spiro atoms. The molecule has 82 valence electrons. The van der Waals surface area contributed by atoms with Gasteiger partial charge in [0, 0.05) is 34.7 Å². The lowest BCUT2D eigenvalue weighted by atomic mass is 10.1. The molecule has 0 aromatic carbocycles. The molecule has 0 aromatic rings. The van der Waals surface area contributed by atoms with Crippen LogP contribution in [0.3, 0.4) is 0 Å². The van der Waals surface area contributed by atoms with Gasteiger partial charge in [-0.1, -0.05) is 6.92 Å². The fourth-order valence-corrected chi connectivity index (χ4v) is 1.16. The zero-order valence-corrected chi connectivity index (χ0v) is 9.50. The second-order valence-corrected chi connectivity index (χ2v) is 3.57.